The third kappa shape index (κ3) is 2.73. The lowest BCUT2D eigenvalue weighted by atomic mass is 10.1. The lowest BCUT2D eigenvalue weighted by Gasteiger charge is -2.14. The number of ether oxygens (including phenoxy) is 2. The lowest BCUT2D eigenvalue weighted by Crippen LogP contribution is -2.05. The molecule has 0 radical (unpaired) electrons. The lowest BCUT2D eigenvalue weighted by molar-refractivity contribution is 0.0734. The zero-order valence-electron chi connectivity index (χ0n) is 11.9. The molecule has 2 N–H and O–H groups in total. The summed E-state index contributed by atoms with van der Waals surface area (Å²) in [7, 11) is 1.56. The average molecular weight is 278 g/mol. The Hall–Kier alpha value is -1.72. The predicted octanol–water partition coefficient (Wildman–Crippen LogP) is 2.94. The summed E-state index contributed by atoms with van der Waals surface area (Å²) >= 11 is 0. The monoisotopic (exact) mass is 278 g/mol. The molecule has 0 fully saturated rings. The van der Waals surface area contributed by atoms with E-state index in [0.717, 1.165) is 10.9 Å². The van der Waals surface area contributed by atoms with Gasteiger partial charge in [-0.15, -0.1) is 0 Å². The predicted molar refractivity (Wildman–Crippen MR) is 76.2 cm³/mol. The summed E-state index contributed by atoms with van der Waals surface area (Å²) in [6.45, 7) is 4.56. The summed E-state index contributed by atoms with van der Waals surface area (Å²) < 4.78 is 24.7. The SMILES string of the molecule is CCOC(C)c1cc2cc(CN)c(OC)cc2nc1F. The van der Waals surface area contributed by atoms with Crippen molar-refractivity contribution in [3.63, 3.8) is 0 Å². The third-order valence-electron chi connectivity index (χ3n) is 3.27. The van der Waals surface area contributed by atoms with E-state index in [0.29, 0.717) is 30.0 Å². The Balaban J connectivity index is 2.57. The van der Waals surface area contributed by atoms with Crippen molar-refractivity contribution in [3.05, 3.63) is 35.3 Å². The second-order valence-electron chi connectivity index (χ2n) is 4.53. The van der Waals surface area contributed by atoms with E-state index < -0.39 is 5.95 Å². The maximum Gasteiger partial charge on any atom is 0.219 e. The number of pyridine rings is 1. The first-order valence-electron chi connectivity index (χ1n) is 6.59. The van der Waals surface area contributed by atoms with Crippen molar-refractivity contribution in [1.29, 1.82) is 0 Å². The number of halogens is 1. The van der Waals surface area contributed by atoms with Gasteiger partial charge < -0.3 is 15.2 Å². The molecule has 0 aliphatic heterocycles. The second-order valence-corrected chi connectivity index (χ2v) is 4.53. The highest BCUT2D eigenvalue weighted by Gasteiger charge is 2.15. The Morgan fingerprint density at radius 3 is 2.70 bits per heavy atom. The maximum absolute atomic E-state index is 14.1. The molecule has 5 heteroatoms. The highest BCUT2D eigenvalue weighted by molar-refractivity contribution is 5.82. The molecule has 4 nitrogen and oxygen atoms in total. The third-order valence-corrected chi connectivity index (χ3v) is 3.27. The quantitative estimate of drug-likeness (QED) is 0.854. The average Bonchev–Trinajstić information content (AvgIpc) is 2.45. The molecule has 108 valence electrons. The first-order chi connectivity index (χ1) is 9.60. The van der Waals surface area contributed by atoms with Crippen LogP contribution >= 0.6 is 0 Å². The number of benzene rings is 1. The molecule has 1 heterocycles. The van der Waals surface area contributed by atoms with Crippen LogP contribution in [0.4, 0.5) is 4.39 Å². The fourth-order valence-electron chi connectivity index (χ4n) is 2.22. The molecular formula is C15H19FN2O2. The standard InChI is InChI=1S/C15H19FN2O2/c1-4-20-9(2)12-6-10-5-11(8-17)14(19-3)7-13(10)18-15(12)16/h5-7,9H,4,8,17H2,1-3H3. The van der Waals surface area contributed by atoms with Crippen LogP contribution < -0.4 is 10.5 Å². The molecule has 0 saturated heterocycles. The smallest absolute Gasteiger partial charge is 0.219 e. The Morgan fingerprint density at radius 2 is 2.10 bits per heavy atom. The van der Waals surface area contributed by atoms with Gasteiger partial charge in [0.25, 0.3) is 0 Å². The van der Waals surface area contributed by atoms with Crippen LogP contribution in [-0.4, -0.2) is 18.7 Å². The molecule has 0 spiro atoms. The van der Waals surface area contributed by atoms with Crippen molar-refractivity contribution in [2.75, 3.05) is 13.7 Å². The molecule has 2 aromatic rings. The van der Waals surface area contributed by atoms with E-state index in [1.165, 1.54) is 0 Å². The highest BCUT2D eigenvalue weighted by atomic mass is 19.1. The Labute approximate surface area is 117 Å². The molecule has 0 aliphatic carbocycles. The minimum atomic E-state index is -0.513. The maximum atomic E-state index is 14.1. The van der Waals surface area contributed by atoms with Gasteiger partial charge in [-0.05, 0) is 26.0 Å². The number of hydrogen-bond acceptors (Lipinski definition) is 4. The van der Waals surface area contributed by atoms with E-state index >= 15 is 0 Å². The minimum absolute atomic E-state index is 0.333. The van der Waals surface area contributed by atoms with Crippen LogP contribution in [0.15, 0.2) is 18.2 Å². The van der Waals surface area contributed by atoms with Crippen molar-refractivity contribution in [2.24, 2.45) is 5.73 Å². The first kappa shape index (κ1) is 14.7. The number of nitrogens with two attached hydrogens (primary N) is 1. The molecule has 1 aromatic heterocycles. The minimum Gasteiger partial charge on any atom is -0.496 e. The molecule has 0 saturated carbocycles. The second kappa shape index (κ2) is 6.15. The van der Waals surface area contributed by atoms with Crippen molar-refractivity contribution in [3.8, 4) is 5.75 Å². The van der Waals surface area contributed by atoms with E-state index in [-0.39, 0.29) is 6.10 Å². The summed E-state index contributed by atoms with van der Waals surface area (Å²) in [5.41, 5.74) is 7.55. The summed E-state index contributed by atoms with van der Waals surface area (Å²) in [6, 6.07) is 5.34. The molecule has 0 bridgehead atoms. The molecule has 20 heavy (non-hydrogen) atoms. The van der Waals surface area contributed by atoms with Gasteiger partial charge in [-0.2, -0.15) is 4.39 Å². The van der Waals surface area contributed by atoms with Crippen LogP contribution in [0.5, 0.6) is 5.75 Å². The molecule has 1 aromatic carbocycles. The van der Waals surface area contributed by atoms with Crippen LogP contribution in [0.25, 0.3) is 10.9 Å². The highest BCUT2D eigenvalue weighted by Crippen LogP contribution is 2.28. The van der Waals surface area contributed by atoms with Crippen molar-refractivity contribution in [2.45, 2.75) is 26.5 Å². The largest absolute Gasteiger partial charge is 0.496 e. The van der Waals surface area contributed by atoms with E-state index in [1.54, 1.807) is 19.2 Å². The zero-order valence-corrected chi connectivity index (χ0v) is 11.9. The number of rotatable bonds is 5. The molecule has 0 amide bonds. The van der Waals surface area contributed by atoms with Crippen molar-refractivity contribution in [1.82, 2.24) is 4.98 Å². The van der Waals surface area contributed by atoms with E-state index in [4.69, 9.17) is 15.2 Å². The van der Waals surface area contributed by atoms with Crippen LogP contribution in [0.1, 0.15) is 31.1 Å². The van der Waals surface area contributed by atoms with Gasteiger partial charge in [0, 0.05) is 35.7 Å². The van der Waals surface area contributed by atoms with Gasteiger partial charge in [0.05, 0.1) is 18.7 Å². The number of aromatic nitrogens is 1. The molecule has 1 atom stereocenters. The van der Waals surface area contributed by atoms with Gasteiger partial charge in [0.15, 0.2) is 0 Å². The normalized spacial score (nSPS) is 12.7. The number of hydrogen-bond donors (Lipinski definition) is 1. The van der Waals surface area contributed by atoms with Gasteiger partial charge >= 0.3 is 0 Å². The van der Waals surface area contributed by atoms with Crippen LogP contribution in [0, 0.1) is 5.95 Å². The summed E-state index contributed by atoms with van der Waals surface area (Å²) in [5, 5.41) is 0.828. The molecule has 0 aliphatic rings. The Bertz CT molecular complexity index is 616. The van der Waals surface area contributed by atoms with Crippen molar-refractivity contribution >= 4 is 10.9 Å². The van der Waals surface area contributed by atoms with Crippen LogP contribution in [0.2, 0.25) is 0 Å². The van der Waals surface area contributed by atoms with Crippen LogP contribution in [0.3, 0.4) is 0 Å². The summed E-state index contributed by atoms with van der Waals surface area (Å²) in [5.74, 6) is 0.110. The van der Waals surface area contributed by atoms with Gasteiger partial charge in [0.2, 0.25) is 5.95 Å². The number of methoxy groups -OCH3 is 1. The summed E-state index contributed by atoms with van der Waals surface area (Å²) in [4.78, 5) is 4.00. The fraction of sp³-hybridized carbons (Fsp3) is 0.400. The zero-order chi connectivity index (χ0) is 14.7. The van der Waals surface area contributed by atoms with Gasteiger partial charge in [-0.1, -0.05) is 0 Å². The van der Waals surface area contributed by atoms with Crippen LogP contribution in [-0.2, 0) is 11.3 Å². The molecule has 1 unspecified atom stereocenters. The first-order valence-corrected chi connectivity index (χ1v) is 6.59. The molecule has 2 rings (SSSR count). The van der Waals surface area contributed by atoms with Crippen molar-refractivity contribution < 1.29 is 13.9 Å². The number of nitrogens with zero attached hydrogens (tertiary/aromatic N) is 1. The van der Waals surface area contributed by atoms with E-state index in [1.807, 2.05) is 19.9 Å². The topological polar surface area (TPSA) is 57.4 Å². The van der Waals surface area contributed by atoms with Gasteiger partial charge in [-0.25, -0.2) is 4.98 Å². The number of fused-ring (bicyclic) bond motifs is 1. The van der Waals surface area contributed by atoms with E-state index in [9.17, 15) is 4.39 Å². The summed E-state index contributed by atoms with van der Waals surface area (Å²) in [6.07, 6.45) is -0.333. The Kier molecular flexibility index (Phi) is 4.52. The van der Waals surface area contributed by atoms with Gasteiger partial charge in [0.1, 0.15) is 5.75 Å². The van der Waals surface area contributed by atoms with E-state index in [2.05, 4.69) is 4.98 Å². The fourth-order valence-corrected chi connectivity index (χ4v) is 2.22. The Morgan fingerprint density at radius 1 is 1.35 bits per heavy atom. The molecular weight excluding hydrogens is 259 g/mol. The van der Waals surface area contributed by atoms with Gasteiger partial charge in [-0.3, -0.25) is 0 Å².